The number of benzene rings is 1. The largest absolute Gasteiger partial charge is 0.481 e. The van der Waals surface area contributed by atoms with Crippen LogP contribution in [0.4, 0.5) is 0 Å². The first-order valence-electron chi connectivity index (χ1n) is 13.7. The maximum Gasteiger partial charge on any atom is 0.305 e. The molecule has 1 heterocycles. The van der Waals surface area contributed by atoms with Crippen LogP contribution in [0.1, 0.15) is 54.9 Å². The van der Waals surface area contributed by atoms with Crippen molar-refractivity contribution >= 4 is 41.5 Å². The van der Waals surface area contributed by atoms with Crippen molar-refractivity contribution in [3.63, 3.8) is 0 Å². The van der Waals surface area contributed by atoms with Crippen molar-refractivity contribution in [2.24, 2.45) is 16.5 Å². The number of carbonyl (C=O) groups is 6. The van der Waals surface area contributed by atoms with Crippen molar-refractivity contribution in [2.75, 3.05) is 26.7 Å². The number of rotatable bonds is 7. The van der Waals surface area contributed by atoms with Crippen LogP contribution in [0, 0.1) is 0 Å². The Morgan fingerprint density at radius 1 is 1.07 bits per heavy atom. The van der Waals surface area contributed by atoms with Crippen molar-refractivity contribution < 1.29 is 33.9 Å². The van der Waals surface area contributed by atoms with Crippen molar-refractivity contribution in [3.8, 4) is 0 Å². The molecule has 1 aliphatic heterocycles. The quantitative estimate of drug-likeness (QED) is 0.108. The molecule has 9 N–H and O–H groups in total. The zero-order valence-electron chi connectivity index (χ0n) is 23.9. The Hall–Kier alpha value is -4.69. The minimum atomic E-state index is -1.37. The molecule has 1 aliphatic rings. The molecule has 0 aliphatic carbocycles. The number of likely N-dealkylation sites (N-methyl/N-ethyl adjacent to an activating group) is 1. The maximum atomic E-state index is 13.5. The molecule has 0 fully saturated rings. The summed E-state index contributed by atoms with van der Waals surface area (Å²) in [6, 6.07) is 3.47. The van der Waals surface area contributed by atoms with Crippen molar-refractivity contribution in [3.05, 3.63) is 35.4 Å². The summed E-state index contributed by atoms with van der Waals surface area (Å²) >= 11 is 0. The minimum absolute atomic E-state index is 0.128. The van der Waals surface area contributed by atoms with Gasteiger partial charge in [-0.2, -0.15) is 0 Å². The van der Waals surface area contributed by atoms with Crippen LogP contribution in [0.15, 0.2) is 29.3 Å². The van der Waals surface area contributed by atoms with Crippen LogP contribution in [0.5, 0.6) is 0 Å². The first-order valence-corrected chi connectivity index (χ1v) is 13.7. The molecule has 1 aromatic carbocycles. The molecular formula is C27H40N8O7. The van der Waals surface area contributed by atoms with E-state index in [1.165, 1.54) is 11.9 Å². The number of fused-ring (bicyclic) bond motifs is 2. The molecule has 5 amide bonds. The smallest absolute Gasteiger partial charge is 0.305 e. The monoisotopic (exact) mass is 588 g/mol. The van der Waals surface area contributed by atoms with Crippen LogP contribution in [-0.2, 0) is 30.4 Å². The highest BCUT2D eigenvalue weighted by atomic mass is 16.4. The lowest BCUT2D eigenvalue weighted by atomic mass is 10.0. The number of guanidine groups is 1. The van der Waals surface area contributed by atoms with Gasteiger partial charge < -0.3 is 42.7 Å². The molecule has 2 bridgehead atoms. The first-order chi connectivity index (χ1) is 19.9. The summed E-state index contributed by atoms with van der Waals surface area (Å²) in [6.07, 6.45) is 1.02. The molecule has 0 aromatic heterocycles. The number of aryl methyl sites for hydroxylation is 1. The third-order valence-corrected chi connectivity index (χ3v) is 6.64. The van der Waals surface area contributed by atoms with E-state index in [0.717, 1.165) is 5.56 Å². The fourth-order valence-corrected chi connectivity index (χ4v) is 4.38. The summed E-state index contributed by atoms with van der Waals surface area (Å²) in [5.41, 5.74) is 11.9. The van der Waals surface area contributed by atoms with Gasteiger partial charge in [0.1, 0.15) is 18.1 Å². The fourth-order valence-electron chi connectivity index (χ4n) is 4.38. The summed E-state index contributed by atoms with van der Waals surface area (Å²) in [5.74, 6) is -4.55. The maximum absolute atomic E-state index is 13.5. The summed E-state index contributed by atoms with van der Waals surface area (Å²) in [4.78, 5) is 81.3. The summed E-state index contributed by atoms with van der Waals surface area (Å²) in [6.45, 7) is 1.53. The van der Waals surface area contributed by atoms with E-state index in [2.05, 4.69) is 26.3 Å². The number of aliphatic carboxylic acids is 1. The molecule has 2 rings (SSSR count). The van der Waals surface area contributed by atoms with Gasteiger partial charge >= 0.3 is 5.97 Å². The number of nitrogens with one attached hydrogen (secondary N) is 4. The van der Waals surface area contributed by atoms with Gasteiger partial charge in [-0.15, -0.1) is 0 Å². The first kappa shape index (κ1) is 33.5. The van der Waals surface area contributed by atoms with E-state index >= 15 is 0 Å². The van der Waals surface area contributed by atoms with Gasteiger partial charge in [0.15, 0.2) is 5.96 Å². The normalized spacial score (nSPS) is 21.3. The molecule has 0 spiro atoms. The predicted octanol–water partition coefficient (Wildman–Crippen LogP) is -1.79. The fraction of sp³-hybridized carbons (Fsp3) is 0.519. The van der Waals surface area contributed by atoms with Crippen molar-refractivity contribution in [1.82, 2.24) is 26.2 Å². The second kappa shape index (κ2) is 16.5. The molecule has 0 saturated carbocycles. The van der Waals surface area contributed by atoms with E-state index in [4.69, 9.17) is 11.5 Å². The van der Waals surface area contributed by atoms with Crippen LogP contribution in [0.2, 0.25) is 0 Å². The zero-order chi connectivity index (χ0) is 31.2. The highest BCUT2D eigenvalue weighted by Gasteiger charge is 2.32. The Kier molecular flexibility index (Phi) is 13.2. The Balaban J connectivity index is 2.37. The lowest BCUT2D eigenvalue weighted by molar-refractivity contribution is -0.141. The van der Waals surface area contributed by atoms with E-state index < -0.39 is 66.6 Å². The van der Waals surface area contributed by atoms with Gasteiger partial charge in [0.05, 0.1) is 13.0 Å². The van der Waals surface area contributed by atoms with E-state index in [9.17, 15) is 33.9 Å². The number of amides is 5. The van der Waals surface area contributed by atoms with Crippen LogP contribution < -0.4 is 32.7 Å². The van der Waals surface area contributed by atoms with E-state index in [-0.39, 0.29) is 31.9 Å². The van der Waals surface area contributed by atoms with Gasteiger partial charge in [-0.1, -0.05) is 19.1 Å². The second-order valence-corrected chi connectivity index (χ2v) is 9.88. The summed E-state index contributed by atoms with van der Waals surface area (Å²) in [5, 5.41) is 19.4. The molecular weight excluding hydrogens is 548 g/mol. The van der Waals surface area contributed by atoms with Gasteiger partial charge in [0.2, 0.25) is 23.6 Å². The molecule has 0 radical (unpaired) electrons. The van der Waals surface area contributed by atoms with Crippen LogP contribution in [-0.4, -0.2) is 96.3 Å². The minimum Gasteiger partial charge on any atom is -0.481 e. The van der Waals surface area contributed by atoms with E-state index in [1.807, 2.05) is 6.07 Å². The lowest BCUT2D eigenvalue weighted by Gasteiger charge is -2.30. The Bertz CT molecular complexity index is 1180. The van der Waals surface area contributed by atoms with Crippen LogP contribution in [0.25, 0.3) is 0 Å². The van der Waals surface area contributed by atoms with Crippen LogP contribution >= 0.6 is 0 Å². The highest BCUT2D eigenvalue weighted by molar-refractivity contribution is 5.99. The number of carboxylic acid groups (broad SMARTS) is 1. The molecule has 2 unspecified atom stereocenters. The van der Waals surface area contributed by atoms with Gasteiger partial charge in [-0.05, 0) is 49.8 Å². The van der Waals surface area contributed by atoms with Gasteiger partial charge in [0, 0.05) is 25.7 Å². The third kappa shape index (κ3) is 10.7. The molecule has 15 heteroatoms. The van der Waals surface area contributed by atoms with Gasteiger partial charge in [0.25, 0.3) is 5.91 Å². The number of hydrogen-bond donors (Lipinski definition) is 7. The molecule has 15 nitrogen and oxygen atoms in total. The number of aliphatic imine (C=N–C) groups is 1. The molecule has 3 atom stereocenters. The number of carbonyl (C=O) groups excluding carboxylic acids is 5. The van der Waals surface area contributed by atoms with Crippen molar-refractivity contribution in [2.45, 2.75) is 63.6 Å². The third-order valence-electron chi connectivity index (χ3n) is 6.64. The van der Waals surface area contributed by atoms with E-state index in [0.29, 0.717) is 24.8 Å². The summed E-state index contributed by atoms with van der Waals surface area (Å²) < 4.78 is 0. The standard InChI is InChI=1S/C27H40N8O7/c1-3-18-26(42)35(2)20(10-6-12-31-27(28)29)25(41)32-15-21(36)33-19(14-22(37)38)24(40)30-11-5-8-16-7-4-9-17(13-16)23(39)34-18/h4,7,9,13,18-20H,3,5-6,8,10-12,14-15H2,1-2H3,(H,30,40)(H,32,41)(H,33,36)(H,34,39)(H,37,38)(H4,28,29,31)/t18?,19-,20?/m0/s1. The second-order valence-electron chi connectivity index (χ2n) is 9.88. The van der Waals surface area contributed by atoms with Gasteiger partial charge in [-0.3, -0.25) is 33.8 Å². The average Bonchev–Trinajstić information content (AvgIpc) is 2.95. The Morgan fingerprint density at radius 3 is 2.48 bits per heavy atom. The number of nitrogens with zero attached hydrogens (tertiary/aromatic N) is 2. The Morgan fingerprint density at radius 2 is 1.81 bits per heavy atom. The highest BCUT2D eigenvalue weighted by Crippen LogP contribution is 2.12. The van der Waals surface area contributed by atoms with Gasteiger partial charge in [-0.25, -0.2) is 0 Å². The molecule has 230 valence electrons. The molecule has 42 heavy (non-hydrogen) atoms. The average molecular weight is 589 g/mol. The lowest BCUT2D eigenvalue weighted by Crippen LogP contribution is -2.55. The molecule has 0 saturated heterocycles. The van der Waals surface area contributed by atoms with E-state index in [1.54, 1.807) is 25.1 Å². The Labute approximate surface area is 243 Å². The molecule has 1 aromatic rings. The zero-order valence-corrected chi connectivity index (χ0v) is 23.9. The SMILES string of the molecule is CCC1NC(=O)c2cccc(c2)CCCNC(=O)[C@H](CC(=O)O)NC(=O)CNC(=O)C(CCCN=C(N)N)N(C)C1=O. The number of hydrogen-bond acceptors (Lipinski definition) is 7. The van der Waals surface area contributed by atoms with Crippen molar-refractivity contribution in [1.29, 1.82) is 0 Å². The van der Waals surface area contributed by atoms with Crippen LogP contribution in [0.3, 0.4) is 0 Å². The number of nitrogens with two attached hydrogens (primary N) is 2. The predicted molar refractivity (Wildman–Crippen MR) is 153 cm³/mol. The topological polar surface area (TPSA) is 238 Å². The summed E-state index contributed by atoms with van der Waals surface area (Å²) in [7, 11) is 1.42. The number of carboxylic acids is 1.